The van der Waals surface area contributed by atoms with Gasteiger partial charge in [-0.1, -0.05) is 61.8 Å². The van der Waals surface area contributed by atoms with Crippen molar-refractivity contribution < 1.29 is 9.90 Å². The number of halogens is 2. The minimum atomic E-state index is -0.191. The van der Waals surface area contributed by atoms with Crippen molar-refractivity contribution in [2.45, 2.75) is 26.7 Å². The van der Waals surface area contributed by atoms with Crippen LogP contribution < -0.4 is 4.90 Å². The van der Waals surface area contributed by atoms with Crippen LogP contribution in [0.2, 0.25) is 5.02 Å². The number of thioether (sulfide) groups is 1. The summed E-state index contributed by atoms with van der Waals surface area (Å²) in [6.45, 7) is 4.15. The topological polar surface area (TPSA) is 52.9 Å². The predicted octanol–water partition coefficient (Wildman–Crippen LogP) is 7.74. The highest BCUT2D eigenvalue weighted by atomic mass is 79.9. The summed E-state index contributed by atoms with van der Waals surface area (Å²) in [6.07, 6.45) is 3.28. The van der Waals surface area contributed by atoms with Crippen LogP contribution in [-0.2, 0) is 17.6 Å². The van der Waals surface area contributed by atoms with Gasteiger partial charge in [-0.3, -0.25) is 9.69 Å². The first-order chi connectivity index (χ1) is 15.9. The van der Waals surface area contributed by atoms with Crippen molar-refractivity contribution in [1.29, 1.82) is 0 Å². The smallest absolute Gasteiger partial charge is 0.271 e. The van der Waals surface area contributed by atoms with E-state index in [9.17, 15) is 9.90 Å². The Morgan fingerprint density at radius 3 is 2.45 bits per heavy atom. The maximum atomic E-state index is 13.6. The fourth-order valence-corrected chi connectivity index (χ4v) is 5.46. The quantitative estimate of drug-likeness (QED) is 0.336. The molecule has 3 aromatic carbocycles. The van der Waals surface area contributed by atoms with Gasteiger partial charge in [0, 0.05) is 10.6 Å². The molecule has 1 aliphatic rings. The van der Waals surface area contributed by atoms with Crippen LogP contribution in [0.1, 0.15) is 30.5 Å². The lowest BCUT2D eigenvalue weighted by atomic mass is 10.1. The summed E-state index contributed by atoms with van der Waals surface area (Å²) in [5, 5.41) is 11.5. The lowest BCUT2D eigenvalue weighted by molar-refractivity contribution is -0.113. The van der Waals surface area contributed by atoms with Crippen LogP contribution in [0.4, 0.5) is 11.4 Å². The second-order valence-electron chi connectivity index (χ2n) is 7.44. The van der Waals surface area contributed by atoms with Crippen LogP contribution in [0, 0.1) is 0 Å². The maximum absolute atomic E-state index is 13.6. The molecule has 4 nitrogen and oxygen atoms in total. The van der Waals surface area contributed by atoms with Crippen molar-refractivity contribution in [1.82, 2.24) is 0 Å². The molecule has 168 valence electrons. The van der Waals surface area contributed by atoms with Gasteiger partial charge in [0.05, 0.1) is 20.8 Å². The standard InChI is InChI=1S/C26H22BrClN2O2S/c1-3-16-9-5-7-11-21(16)29-26-30(22-12-8-6-10-17(22)4-2)25(32)23(33-26)14-18-13-19(28)15-20(27)24(18)31/h5-15,31H,3-4H2,1-2H3/b23-14+,29-26?. The molecule has 1 heterocycles. The summed E-state index contributed by atoms with van der Waals surface area (Å²) in [5.74, 6) is -0.161. The van der Waals surface area contributed by atoms with Crippen LogP contribution in [0.3, 0.4) is 0 Å². The van der Waals surface area contributed by atoms with E-state index >= 15 is 0 Å². The fourth-order valence-electron chi connectivity index (χ4n) is 3.65. The molecule has 0 saturated carbocycles. The number of phenolic OH excluding ortho intramolecular Hbond substituents is 1. The number of anilines is 1. The molecule has 4 rings (SSSR count). The first-order valence-electron chi connectivity index (χ1n) is 10.6. The molecular formula is C26H22BrClN2O2S. The molecule has 0 spiro atoms. The zero-order valence-corrected chi connectivity index (χ0v) is 21.3. The Morgan fingerprint density at radius 2 is 1.73 bits per heavy atom. The van der Waals surface area contributed by atoms with Crippen molar-refractivity contribution in [2.75, 3.05) is 4.90 Å². The third-order valence-electron chi connectivity index (χ3n) is 5.35. The third-order valence-corrected chi connectivity index (χ3v) is 7.14. The maximum Gasteiger partial charge on any atom is 0.271 e. The SMILES string of the molecule is CCc1ccccc1N=C1S/C(=C/c2cc(Cl)cc(Br)c2O)C(=O)N1c1ccccc1CC. The van der Waals surface area contributed by atoms with E-state index in [1.54, 1.807) is 23.1 Å². The molecular weight excluding hydrogens is 520 g/mol. The Bertz CT molecular complexity index is 1290. The molecule has 1 N–H and O–H groups in total. The molecule has 0 aromatic heterocycles. The van der Waals surface area contributed by atoms with Gasteiger partial charge in [-0.25, -0.2) is 4.99 Å². The van der Waals surface area contributed by atoms with Gasteiger partial charge in [-0.2, -0.15) is 0 Å². The normalized spacial score (nSPS) is 16.2. The highest BCUT2D eigenvalue weighted by Gasteiger charge is 2.36. The number of rotatable bonds is 5. The number of aryl methyl sites for hydroxylation is 2. The van der Waals surface area contributed by atoms with Crippen LogP contribution in [-0.4, -0.2) is 16.2 Å². The number of nitrogens with zero attached hydrogens (tertiary/aromatic N) is 2. The van der Waals surface area contributed by atoms with Gasteiger partial charge in [0.2, 0.25) is 0 Å². The van der Waals surface area contributed by atoms with Gasteiger partial charge in [0.25, 0.3) is 5.91 Å². The largest absolute Gasteiger partial charge is 0.506 e. The molecule has 0 bridgehead atoms. The van der Waals surface area contributed by atoms with Gasteiger partial charge in [0.1, 0.15) is 5.75 Å². The number of amidine groups is 1. The molecule has 7 heteroatoms. The Balaban J connectivity index is 1.87. The summed E-state index contributed by atoms with van der Waals surface area (Å²) in [6, 6.07) is 19.0. The van der Waals surface area contributed by atoms with Crippen molar-refractivity contribution in [3.8, 4) is 5.75 Å². The highest BCUT2D eigenvalue weighted by Crippen LogP contribution is 2.41. The molecule has 1 amide bonds. The number of hydrogen-bond donors (Lipinski definition) is 1. The average molecular weight is 542 g/mol. The molecule has 0 atom stereocenters. The van der Waals surface area contributed by atoms with E-state index in [0.29, 0.717) is 25.1 Å². The van der Waals surface area contributed by atoms with Gasteiger partial charge < -0.3 is 5.11 Å². The molecule has 0 aliphatic carbocycles. The van der Waals surface area contributed by atoms with Crippen molar-refractivity contribution in [2.24, 2.45) is 4.99 Å². The second-order valence-corrected chi connectivity index (χ2v) is 9.74. The van der Waals surface area contributed by atoms with E-state index in [2.05, 4.69) is 29.8 Å². The number of phenols is 1. The van der Waals surface area contributed by atoms with E-state index in [4.69, 9.17) is 16.6 Å². The number of carbonyl (C=O) groups excluding carboxylic acids is 1. The lowest BCUT2D eigenvalue weighted by Crippen LogP contribution is -2.29. The van der Waals surface area contributed by atoms with Crippen LogP contribution in [0.25, 0.3) is 6.08 Å². The first kappa shape index (κ1) is 23.6. The number of amides is 1. The monoisotopic (exact) mass is 540 g/mol. The van der Waals surface area contributed by atoms with Crippen LogP contribution in [0.5, 0.6) is 5.75 Å². The van der Waals surface area contributed by atoms with Crippen molar-refractivity contribution in [3.63, 3.8) is 0 Å². The molecule has 0 radical (unpaired) electrons. The Morgan fingerprint density at radius 1 is 1.06 bits per heavy atom. The van der Waals surface area contributed by atoms with Gasteiger partial charge in [-0.15, -0.1) is 0 Å². The molecule has 33 heavy (non-hydrogen) atoms. The number of benzene rings is 3. The van der Waals surface area contributed by atoms with E-state index in [1.807, 2.05) is 48.5 Å². The van der Waals surface area contributed by atoms with E-state index in [0.717, 1.165) is 35.3 Å². The summed E-state index contributed by atoms with van der Waals surface area (Å²) >= 11 is 10.8. The van der Waals surface area contributed by atoms with Crippen LogP contribution in [0.15, 0.2) is 75.0 Å². The van der Waals surface area contributed by atoms with E-state index in [-0.39, 0.29) is 11.7 Å². The van der Waals surface area contributed by atoms with Gasteiger partial charge >= 0.3 is 0 Å². The van der Waals surface area contributed by atoms with Crippen LogP contribution >= 0.6 is 39.3 Å². The fraction of sp³-hybridized carbons (Fsp3) is 0.154. The Hall–Kier alpha value is -2.54. The number of aromatic hydroxyl groups is 1. The second kappa shape index (κ2) is 10.2. The molecule has 3 aromatic rings. The number of carbonyl (C=O) groups is 1. The van der Waals surface area contributed by atoms with Crippen molar-refractivity contribution >= 4 is 67.8 Å². The van der Waals surface area contributed by atoms with E-state index < -0.39 is 0 Å². The Kier molecular flexibility index (Phi) is 7.27. The van der Waals surface area contributed by atoms with Gasteiger partial charge in [0.15, 0.2) is 5.17 Å². The van der Waals surface area contributed by atoms with E-state index in [1.165, 1.54) is 11.8 Å². The number of para-hydroxylation sites is 2. The van der Waals surface area contributed by atoms with Crippen molar-refractivity contribution in [3.05, 3.63) is 91.8 Å². The highest BCUT2D eigenvalue weighted by molar-refractivity contribution is 9.10. The molecule has 1 saturated heterocycles. The Labute approximate surface area is 211 Å². The molecule has 1 fully saturated rings. The van der Waals surface area contributed by atoms with Gasteiger partial charge in [-0.05, 0) is 82.0 Å². The molecule has 1 aliphatic heterocycles. The summed E-state index contributed by atoms with van der Waals surface area (Å²) in [4.78, 5) is 20.7. The zero-order chi connectivity index (χ0) is 23.5. The number of hydrogen-bond acceptors (Lipinski definition) is 4. The minimum absolute atomic E-state index is 0.0301. The number of aliphatic imine (C=N–C) groups is 1. The third kappa shape index (κ3) is 4.88. The lowest BCUT2D eigenvalue weighted by Gasteiger charge is -2.19. The summed E-state index contributed by atoms with van der Waals surface area (Å²) < 4.78 is 0.469. The minimum Gasteiger partial charge on any atom is -0.506 e. The first-order valence-corrected chi connectivity index (χ1v) is 12.6. The average Bonchev–Trinajstić information content (AvgIpc) is 3.11. The summed E-state index contributed by atoms with van der Waals surface area (Å²) in [5.41, 5.74) is 4.27. The zero-order valence-electron chi connectivity index (χ0n) is 18.2. The molecule has 0 unspecified atom stereocenters. The summed E-state index contributed by atoms with van der Waals surface area (Å²) in [7, 11) is 0. The predicted molar refractivity (Wildman–Crippen MR) is 143 cm³/mol.